The molecule has 3 rings (SSSR count). The molecule has 0 aliphatic carbocycles. The Kier molecular flexibility index (Phi) is 5.77. The Morgan fingerprint density at radius 2 is 1.41 bits per heavy atom. The monoisotopic (exact) mass is 361 g/mol. The Morgan fingerprint density at radius 1 is 0.815 bits per heavy atom. The number of nitrogens with zero attached hydrogens (tertiary/aromatic N) is 1. The second-order valence-corrected chi connectivity index (χ2v) is 6.26. The fraction of sp³-hybridized carbons (Fsp3) is 0.174. The van der Waals surface area contributed by atoms with E-state index < -0.39 is 0 Å². The van der Waals surface area contributed by atoms with Gasteiger partial charge in [0.2, 0.25) is 5.91 Å². The highest BCUT2D eigenvalue weighted by Crippen LogP contribution is 2.26. The van der Waals surface area contributed by atoms with Crippen LogP contribution in [0.2, 0.25) is 0 Å². The molecule has 4 nitrogen and oxygen atoms in total. The van der Waals surface area contributed by atoms with Crippen LogP contribution in [0.15, 0.2) is 72.8 Å². The topological polar surface area (TPSA) is 38.8 Å². The SMILES string of the molecule is COc1ccc(CC(=O)N(C)c2cccc(-c3ccc(OC)cc3)c2)cc1. The summed E-state index contributed by atoms with van der Waals surface area (Å²) in [6, 6.07) is 23.4. The zero-order valence-corrected chi connectivity index (χ0v) is 15.8. The van der Waals surface area contributed by atoms with Crippen LogP contribution >= 0.6 is 0 Å². The summed E-state index contributed by atoms with van der Waals surface area (Å²) in [6.45, 7) is 0. The average Bonchev–Trinajstić information content (AvgIpc) is 2.74. The van der Waals surface area contributed by atoms with Crippen molar-refractivity contribution in [3.05, 3.63) is 78.4 Å². The van der Waals surface area contributed by atoms with Gasteiger partial charge in [-0.2, -0.15) is 0 Å². The van der Waals surface area contributed by atoms with Crippen LogP contribution in [0.1, 0.15) is 5.56 Å². The molecule has 4 heteroatoms. The first-order chi connectivity index (χ1) is 13.1. The van der Waals surface area contributed by atoms with E-state index in [1.165, 1.54) is 0 Å². The number of anilines is 1. The third-order valence-corrected chi connectivity index (χ3v) is 4.55. The predicted molar refractivity (Wildman–Crippen MR) is 109 cm³/mol. The minimum Gasteiger partial charge on any atom is -0.497 e. The van der Waals surface area contributed by atoms with Gasteiger partial charge in [0.25, 0.3) is 0 Å². The lowest BCUT2D eigenvalue weighted by molar-refractivity contribution is -0.117. The van der Waals surface area contributed by atoms with E-state index in [0.29, 0.717) is 6.42 Å². The average molecular weight is 361 g/mol. The van der Waals surface area contributed by atoms with Gasteiger partial charge in [0.05, 0.1) is 20.6 Å². The molecule has 0 aliphatic rings. The van der Waals surface area contributed by atoms with Gasteiger partial charge in [0.1, 0.15) is 11.5 Å². The van der Waals surface area contributed by atoms with Crippen LogP contribution in [0.25, 0.3) is 11.1 Å². The molecular formula is C23H23NO3. The number of likely N-dealkylation sites (N-methyl/N-ethyl adjacent to an activating group) is 1. The van der Waals surface area contributed by atoms with Gasteiger partial charge in [-0.05, 0) is 53.1 Å². The maximum Gasteiger partial charge on any atom is 0.231 e. The summed E-state index contributed by atoms with van der Waals surface area (Å²) in [5.74, 6) is 1.64. The number of carbonyl (C=O) groups excluding carboxylic acids is 1. The Labute approximate surface area is 160 Å². The van der Waals surface area contributed by atoms with Gasteiger partial charge in [-0.25, -0.2) is 0 Å². The summed E-state index contributed by atoms with van der Waals surface area (Å²) < 4.78 is 10.4. The van der Waals surface area contributed by atoms with Gasteiger partial charge >= 0.3 is 0 Å². The highest BCUT2D eigenvalue weighted by atomic mass is 16.5. The van der Waals surface area contributed by atoms with Gasteiger partial charge in [-0.1, -0.05) is 36.4 Å². The molecule has 0 aliphatic heterocycles. The molecule has 138 valence electrons. The smallest absolute Gasteiger partial charge is 0.231 e. The molecule has 0 fully saturated rings. The van der Waals surface area contributed by atoms with Gasteiger partial charge in [0, 0.05) is 12.7 Å². The predicted octanol–water partition coefficient (Wildman–Crippen LogP) is 4.58. The first kappa shape index (κ1) is 18.5. The second kappa shape index (κ2) is 8.41. The quantitative estimate of drug-likeness (QED) is 0.645. The molecule has 0 atom stereocenters. The van der Waals surface area contributed by atoms with Crippen LogP contribution in [-0.4, -0.2) is 27.2 Å². The standard InChI is InChI=1S/C23H23NO3/c1-24(23(25)15-17-7-11-21(26-2)12-8-17)20-6-4-5-19(16-20)18-9-13-22(27-3)14-10-18/h4-14,16H,15H2,1-3H3. The number of amides is 1. The van der Waals surface area contributed by atoms with E-state index in [4.69, 9.17) is 9.47 Å². The fourth-order valence-electron chi connectivity index (χ4n) is 2.86. The number of hydrogen-bond donors (Lipinski definition) is 0. The molecule has 0 bridgehead atoms. The lowest BCUT2D eigenvalue weighted by atomic mass is 10.0. The van der Waals surface area contributed by atoms with Crippen LogP contribution in [0, 0.1) is 0 Å². The van der Waals surface area contributed by atoms with Crippen LogP contribution in [0.3, 0.4) is 0 Å². The Morgan fingerprint density at radius 3 is 2.00 bits per heavy atom. The molecule has 0 spiro atoms. The van der Waals surface area contributed by atoms with Crippen molar-refractivity contribution >= 4 is 11.6 Å². The third kappa shape index (κ3) is 4.47. The number of methoxy groups -OCH3 is 2. The number of hydrogen-bond acceptors (Lipinski definition) is 3. The summed E-state index contributed by atoms with van der Waals surface area (Å²) in [6.07, 6.45) is 0.341. The second-order valence-electron chi connectivity index (χ2n) is 6.26. The van der Waals surface area contributed by atoms with Crippen molar-refractivity contribution in [3.8, 4) is 22.6 Å². The van der Waals surface area contributed by atoms with Gasteiger partial charge in [-0.3, -0.25) is 4.79 Å². The summed E-state index contributed by atoms with van der Waals surface area (Å²) in [5, 5.41) is 0. The lowest BCUT2D eigenvalue weighted by Gasteiger charge is -2.18. The minimum atomic E-state index is 0.0343. The normalized spacial score (nSPS) is 10.3. The van der Waals surface area contributed by atoms with Crippen LogP contribution in [0.5, 0.6) is 11.5 Å². The van der Waals surface area contributed by atoms with Crippen molar-refractivity contribution in [2.45, 2.75) is 6.42 Å². The molecule has 1 amide bonds. The lowest BCUT2D eigenvalue weighted by Crippen LogP contribution is -2.27. The van der Waals surface area contributed by atoms with E-state index in [2.05, 4.69) is 0 Å². The van der Waals surface area contributed by atoms with E-state index in [1.54, 1.807) is 26.2 Å². The maximum absolute atomic E-state index is 12.7. The Hall–Kier alpha value is -3.27. The van der Waals surface area contributed by atoms with E-state index >= 15 is 0 Å². The number of rotatable bonds is 6. The Bertz CT molecular complexity index is 902. The van der Waals surface area contributed by atoms with Gasteiger partial charge in [-0.15, -0.1) is 0 Å². The molecule has 0 unspecified atom stereocenters. The van der Waals surface area contributed by atoms with Crippen molar-refractivity contribution in [1.82, 2.24) is 0 Å². The molecule has 3 aromatic rings. The largest absolute Gasteiger partial charge is 0.497 e. The van der Waals surface area contributed by atoms with Crippen molar-refractivity contribution < 1.29 is 14.3 Å². The highest BCUT2D eigenvalue weighted by molar-refractivity contribution is 5.94. The van der Waals surface area contributed by atoms with Crippen LogP contribution in [0.4, 0.5) is 5.69 Å². The zero-order chi connectivity index (χ0) is 19.2. The van der Waals surface area contributed by atoms with Crippen LogP contribution in [-0.2, 0) is 11.2 Å². The molecule has 0 radical (unpaired) electrons. The summed E-state index contributed by atoms with van der Waals surface area (Å²) >= 11 is 0. The van der Waals surface area contributed by atoms with Crippen molar-refractivity contribution in [3.63, 3.8) is 0 Å². The molecule has 0 saturated heterocycles. The highest BCUT2D eigenvalue weighted by Gasteiger charge is 2.12. The first-order valence-electron chi connectivity index (χ1n) is 8.74. The van der Waals surface area contributed by atoms with Crippen LogP contribution < -0.4 is 14.4 Å². The molecule has 0 aromatic heterocycles. The zero-order valence-electron chi connectivity index (χ0n) is 15.8. The van der Waals surface area contributed by atoms with E-state index in [-0.39, 0.29) is 5.91 Å². The first-order valence-corrected chi connectivity index (χ1v) is 8.74. The maximum atomic E-state index is 12.7. The van der Waals surface area contributed by atoms with Crippen molar-refractivity contribution in [2.75, 3.05) is 26.2 Å². The molecule has 3 aromatic carbocycles. The fourth-order valence-corrected chi connectivity index (χ4v) is 2.86. The summed E-state index contributed by atoms with van der Waals surface area (Å²) in [5.41, 5.74) is 3.95. The van der Waals surface area contributed by atoms with E-state index in [9.17, 15) is 4.79 Å². The van der Waals surface area contributed by atoms with Gasteiger partial charge < -0.3 is 14.4 Å². The number of ether oxygens (including phenoxy) is 2. The van der Waals surface area contributed by atoms with E-state index in [0.717, 1.165) is 33.9 Å². The molecule has 0 heterocycles. The molecule has 27 heavy (non-hydrogen) atoms. The minimum absolute atomic E-state index is 0.0343. The Balaban J connectivity index is 1.75. The third-order valence-electron chi connectivity index (χ3n) is 4.55. The van der Waals surface area contributed by atoms with Crippen molar-refractivity contribution in [2.24, 2.45) is 0 Å². The summed E-state index contributed by atoms with van der Waals surface area (Å²) in [4.78, 5) is 14.4. The molecular weight excluding hydrogens is 338 g/mol. The van der Waals surface area contributed by atoms with E-state index in [1.807, 2.05) is 72.8 Å². The molecule has 0 N–H and O–H groups in total. The molecule has 0 saturated carbocycles. The number of carbonyl (C=O) groups is 1. The summed E-state index contributed by atoms with van der Waals surface area (Å²) in [7, 11) is 5.09. The van der Waals surface area contributed by atoms with Crippen molar-refractivity contribution in [1.29, 1.82) is 0 Å². The van der Waals surface area contributed by atoms with Gasteiger partial charge in [0.15, 0.2) is 0 Å². The number of benzene rings is 3.